The van der Waals surface area contributed by atoms with Gasteiger partial charge in [0.2, 0.25) is 0 Å². The minimum Gasteiger partial charge on any atom is -0.493 e. The number of amides is 1. The van der Waals surface area contributed by atoms with Gasteiger partial charge in [0, 0.05) is 43.3 Å². The molecule has 0 spiro atoms. The molecule has 1 aromatic heterocycles. The van der Waals surface area contributed by atoms with Gasteiger partial charge in [-0.05, 0) is 43.2 Å². The van der Waals surface area contributed by atoms with Crippen molar-refractivity contribution < 1.29 is 18.9 Å². The summed E-state index contributed by atoms with van der Waals surface area (Å²) in [5.41, 5.74) is 2.43. The normalized spacial score (nSPS) is 14.0. The standard InChI is InChI=1S/C23H23N3O6/c1-14-4-5-17(10-15(14)2)24-6-8-25(9-7-24)22(27)19-12-16-11-18(26(29)30)13-20(31-3)21(16)32-23(19)28/h4-5,10-13H,6-9H2,1-3H3. The molecule has 32 heavy (non-hydrogen) atoms. The van der Waals surface area contributed by atoms with Crippen LogP contribution in [-0.4, -0.2) is 49.0 Å². The van der Waals surface area contributed by atoms with Crippen LogP contribution in [0.25, 0.3) is 11.0 Å². The number of fused-ring (bicyclic) bond motifs is 1. The predicted octanol–water partition coefficient (Wildman–Crippen LogP) is 3.29. The summed E-state index contributed by atoms with van der Waals surface area (Å²) < 4.78 is 10.4. The zero-order valence-corrected chi connectivity index (χ0v) is 18.1. The smallest absolute Gasteiger partial charge is 0.349 e. The molecule has 9 nitrogen and oxygen atoms in total. The fourth-order valence-electron chi connectivity index (χ4n) is 3.85. The summed E-state index contributed by atoms with van der Waals surface area (Å²) in [6, 6.07) is 10.1. The van der Waals surface area contributed by atoms with E-state index in [0.717, 1.165) is 5.69 Å². The van der Waals surface area contributed by atoms with Crippen LogP contribution < -0.4 is 15.3 Å². The second kappa shape index (κ2) is 8.33. The van der Waals surface area contributed by atoms with Gasteiger partial charge in [0.15, 0.2) is 11.3 Å². The van der Waals surface area contributed by atoms with E-state index >= 15 is 0 Å². The number of nitro benzene ring substituents is 1. The average Bonchev–Trinajstić information content (AvgIpc) is 2.79. The molecular formula is C23H23N3O6. The molecule has 1 aliphatic rings. The van der Waals surface area contributed by atoms with Crippen LogP contribution in [0, 0.1) is 24.0 Å². The lowest BCUT2D eigenvalue weighted by molar-refractivity contribution is -0.384. The van der Waals surface area contributed by atoms with Gasteiger partial charge in [0.1, 0.15) is 5.56 Å². The lowest BCUT2D eigenvalue weighted by atomic mass is 10.1. The first-order chi connectivity index (χ1) is 15.3. The number of hydrogen-bond donors (Lipinski definition) is 0. The largest absolute Gasteiger partial charge is 0.493 e. The van der Waals surface area contributed by atoms with Crippen LogP contribution in [0.5, 0.6) is 5.75 Å². The topological polar surface area (TPSA) is 106 Å². The molecule has 3 aromatic rings. The van der Waals surface area contributed by atoms with Crippen molar-refractivity contribution in [2.45, 2.75) is 13.8 Å². The maximum atomic E-state index is 13.1. The monoisotopic (exact) mass is 437 g/mol. The predicted molar refractivity (Wildman–Crippen MR) is 120 cm³/mol. The van der Waals surface area contributed by atoms with E-state index in [9.17, 15) is 19.7 Å². The van der Waals surface area contributed by atoms with Crippen LogP contribution >= 0.6 is 0 Å². The highest BCUT2D eigenvalue weighted by molar-refractivity contribution is 5.98. The Morgan fingerprint density at radius 3 is 2.41 bits per heavy atom. The van der Waals surface area contributed by atoms with Gasteiger partial charge < -0.3 is 19.0 Å². The molecule has 1 saturated heterocycles. The van der Waals surface area contributed by atoms with Crippen molar-refractivity contribution in [1.82, 2.24) is 4.90 Å². The third kappa shape index (κ3) is 3.89. The first-order valence-electron chi connectivity index (χ1n) is 10.2. The second-order valence-corrected chi connectivity index (χ2v) is 7.82. The Kier molecular flexibility index (Phi) is 5.56. The van der Waals surface area contributed by atoms with Crippen LogP contribution in [-0.2, 0) is 0 Å². The SMILES string of the molecule is COc1cc([N+](=O)[O-])cc2cc(C(=O)N3CCN(c4ccc(C)c(C)c4)CC3)c(=O)oc12. The van der Waals surface area contributed by atoms with Gasteiger partial charge in [0.05, 0.1) is 18.1 Å². The molecule has 9 heteroatoms. The molecule has 1 aliphatic heterocycles. The molecule has 1 fully saturated rings. The maximum absolute atomic E-state index is 13.1. The van der Waals surface area contributed by atoms with Crippen molar-refractivity contribution in [1.29, 1.82) is 0 Å². The molecular weight excluding hydrogens is 414 g/mol. The van der Waals surface area contributed by atoms with Crippen molar-refractivity contribution in [2.24, 2.45) is 0 Å². The zero-order chi connectivity index (χ0) is 23.0. The second-order valence-electron chi connectivity index (χ2n) is 7.82. The molecule has 0 bridgehead atoms. The van der Waals surface area contributed by atoms with E-state index in [4.69, 9.17) is 9.15 Å². The van der Waals surface area contributed by atoms with E-state index in [-0.39, 0.29) is 28.0 Å². The number of hydrogen-bond acceptors (Lipinski definition) is 7. The lowest BCUT2D eigenvalue weighted by Gasteiger charge is -2.36. The molecule has 0 N–H and O–H groups in total. The minimum atomic E-state index is -0.800. The van der Waals surface area contributed by atoms with Crippen LogP contribution in [0.4, 0.5) is 11.4 Å². The number of nitrogens with zero attached hydrogens (tertiary/aromatic N) is 3. The number of carbonyl (C=O) groups is 1. The Hall–Kier alpha value is -3.88. The van der Waals surface area contributed by atoms with Gasteiger partial charge in [-0.3, -0.25) is 14.9 Å². The van der Waals surface area contributed by atoms with Gasteiger partial charge in [-0.2, -0.15) is 0 Å². The van der Waals surface area contributed by atoms with E-state index in [1.54, 1.807) is 4.90 Å². The van der Waals surface area contributed by atoms with Gasteiger partial charge >= 0.3 is 5.63 Å². The van der Waals surface area contributed by atoms with Crippen LogP contribution in [0.2, 0.25) is 0 Å². The Labute approximate surface area is 183 Å². The fraction of sp³-hybridized carbons (Fsp3) is 0.304. The number of anilines is 1. The summed E-state index contributed by atoms with van der Waals surface area (Å²) in [6.07, 6.45) is 0. The molecule has 166 valence electrons. The molecule has 0 saturated carbocycles. The molecule has 1 amide bonds. The summed E-state index contributed by atoms with van der Waals surface area (Å²) in [4.78, 5) is 40.1. The quantitative estimate of drug-likeness (QED) is 0.350. The maximum Gasteiger partial charge on any atom is 0.349 e. The number of aryl methyl sites for hydroxylation is 2. The molecule has 2 heterocycles. The van der Waals surface area contributed by atoms with Crippen molar-refractivity contribution in [3.63, 3.8) is 0 Å². The number of methoxy groups -OCH3 is 1. The Morgan fingerprint density at radius 2 is 1.78 bits per heavy atom. The highest BCUT2D eigenvalue weighted by Gasteiger charge is 2.26. The average molecular weight is 437 g/mol. The van der Waals surface area contributed by atoms with Gasteiger partial charge in [-0.1, -0.05) is 6.07 Å². The Bertz CT molecular complexity index is 1270. The highest BCUT2D eigenvalue weighted by Crippen LogP contribution is 2.31. The number of piperazine rings is 1. The molecule has 2 aromatic carbocycles. The summed E-state index contributed by atoms with van der Waals surface area (Å²) in [6.45, 7) is 6.29. The summed E-state index contributed by atoms with van der Waals surface area (Å²) >= 11 is 0. The fourth-order valence-corrected chi connectivity index (χ4v) is 3.85. The van der Waals surface area contributed by atoms with E-state index in [1.807, 2.05) is 0 Å². The van der Waals surface area contributed by atoms with Crippen LogP contribution in [0.3, 0.4) is 0 Å². The summed E-state index contributed by atoms with van der Waals surface area (Å²) in [5.74, 6) is -0.391. The van der Waals surface area contributed by atoms with E-state index in [2.05, 4.69) is 36.9 Å². The van der Waals surface area contributed by atoms with Gasteiger partial charge in [0.25, 0.3) is 11.6 Å². The third-order valence-electron chi connectivity index (χ3n) is 5.87. The van der Waals surface area contributed by atoms with Crippen molar-refractivity contribution in [2.75, 3.05) is 38.2 Å². The number of rotatable bonds is 4. The first-order valence-corrected chi connectivity index (χ1v) is 10.2. The number of ether oxygens (including phenoxy) is 1. The summed E-state index contributed by atoms with van der Waals surface area (Å²) in [7, 11) is 1.33. The number of nitro groups is 1. The first kappa shape index (κ1) is 21.4. The summed E-state index contributed by atoms with van der Waals surface area (Å²) in [5, 5.41) is 11.5. The zero-order valence-electron chi connectivity index (χ0n) is 18.1. The van der Waals surface area contributed by atoms with E-state index < -0.39 is 16.5 Å². The van der Waals surface area contributed by atoms with Crippen molar-refractivity contribution in [3.8, 4) is 5.75 Å². The number of non-ortho nitro benzene ring substituents is 1. The molecule has 0 radical (unpaired) electrons. The minimum absolute atomic E-state index is 0.0623. The van der Waals surface area contributed by atoms with Crippen molar-refractivity contribution >= 4 is 28.3 Å². The van der Waals surface area contributed by atoms with Crippen LogP contribution in [0.15, 0.2) is 45.6 Å². The van der Waals surface area contributed by atoms with Crippen LogP contribution in [0.1, 0.15) is 21.5 Å². The number of benzene rings is 2. The van der Waals surface area contributed by atoms with E-state index in [0.29, 0.717) is 26.2 Å². The highest BCUT2D eigenvalue weighted by atomic mass is 16.6. The van der Waals surface area contributed by atoms with Crippen molar-refractivity contribution in [3.05, 3.63) is 73.6 Å². The molecule has 4 rings (SSSR count). The van der Waals surface area contributed by atoms with Gasteiger partial charge in [-0.15, -0.1) is 0 Å². The number of carbonyl (C=O) groups excluding carboxylic acids is 1. The third-order valence-corrected chi connectivity index (χ3v) is 5.87. The molecule has 0 unspecified atom stereocenters. The lowest BCUT2D eigenvalue weighted by Crippen LogP contribution is -2.49. The molecule has 0 aliphatic carbocycles. The Morgan fingerprint density at radius 1 is 1.06 bits per heavy atom. The Balaban J connectivity index is 1.58. The van der Waals surface area contributed by atoms with E-state index in [1.165, 1.54) is 36.4 Å². The molecule has 0 atom stereocenters. The van der Waals surface area contributed by atoms with Gasteiger partial charge in [-0.25, -0.2) is 4.79 Å².